The van der Waals surface area contributed by atoms with E-state index in [4.69, 9.17) is 9.47 Å². The maximum atomic E-state index is 12.7. The van der Waals surface area contributed by atoms with Gasteiger partial charge in [0.1, 0.15) is 18.2 Å². The summed E-state index contributed by atoms with van der Waals surface area (Å²) < 4.78 is 14.0. The Kier molecular flexibility index (Phi) is 6.52. The maximum Gasteiger partial charge on any atom is 0.223 e. The first-order valence-electron chi connectivity index (χ1n) is 11.8. The molecule has 1 saturated carbocycles. The standard InChI is InChI=1S/C24H33N5O3/c1-28(12-17-8-4-2-5-9-17)13-19-14-29(27-26-19)21-16-32-22-20(15-31-23(21)22)25-24(30)18-10-6-3-7-11-18/h2,4-5,8-9,14,18,20-23H,3,6-7,10-13,15-16H2,1H3,(H,25,30)/t20-,21+,22-,23+/m0/s1. The Bertz CT molecular complexity index is 898. The highest BCUT2D eigenvalue weighted by Crippen LogP contribution is 2.34. The van der Waals surface area contributed by atoms with Crippen LogP contribution in [0, 0.1) is 5.92 Å². The van der Waals surface area contributed by atoms with Crippen LogP contribution in [0.1, 0.15) is 49.4 Å². The number of nitrogens with one attached hydrogen (secondary N) is 1. The molecule has 0 bridgehead atoms. The van der Waals surface area contributed by atoms with Gasteiger partial charge in [-0.15, -0.1) is 5.10 Å². The second-order valence-electron chi connectivity index (χ2n) is 9.46. The summed E-state index contributed by atoms with van der Waals surface area (Å²) in [6.07, 6.45) is 7.31. The van der Waals surface area contributed by atoms with E-state index in [0.717, 1.165) is 44.5 Å². The summed E-state index contributed by atoms with van der Waals surface area (Å²) in [5, 5.41) is 12.0. The number of ether oxygens (including phenoxy) is 2. The summed E-state index contributed by atoms with van der Waals surface area (Å²) in [5.41, 5.74) is 2.20. The number of rotatable bonds is 7. The first-order valence-corrected chi connectivity index (χ1v) is 11.8. The van der Waals surface area contributed by atoms with Gasteiger partial charge in [0.05, 0.1) is 31.1 Å². The molecule has 8 nitrogen and oxygen atoms in total. The van der Waals surface area contributed by atoms with Crippen LogP contribution >= 0.6 is 0 Å². The van der Waals surface area contributed by atoms with E-state index in [1.165, 1.54) is 12.0 Å². The molecule has 1 amide bonds. The number of amides is 1. The fourth-order valence-electron chi connectivity index (χ4n) is 5.27. The van der Waals surface area contributed by atoms with E-state index in [0.29, 0.717) is 13.2 Å². The lowest BCUT2D eigenvalue weighted by Crippen LogP contribution is -2.46. The molecule has 32 heavy (non-hydrogen) atoms. The lowest BCUT2D eigenvalue weighted by molar-refractivity contribution is -0.127. The molecule has 1 aromatic carbocycles. The van der Waals surface area contributed by atoms with Gasteiger partial charge in [-0.1, -0.05) is 54.8 Å². The van der Waals surface area contributed by atoms with Gasteiger partial charge >= 0.3 is 0 Å². The Morgan fingerprint density at radius 2 is 1.88 bits per heavy atom. The Morgan fingerprint density at radius 3 is 2.69 bits per heavy atom. The van der Waals surface area contributed by atoms with Crippen molar-refractivity contribution >= 4 is 5.91 Å². The molecule has 1 N–H and O–H groups in total. The second-order valence-corrected chi connectivity index (χ2v) is 9.46. The van der Waals surface area contributed by atoms with E-state index in [-0.39, 0.29) is 36.1 Å². The minimum atomic E-state index is -0.124. The molecular formula is C24H33N5O3. The molecule has 0 spiro atoms. The maximum absolute atomic E-state index is 12.7. The van der Waals surface area contributed by atoms with Gasteiger partial charge in [-0.05, 0) is 25.5 Å². The van der Waals surface area contributed by atoms with Gasteiger partial charge in [0, 0.05) is 19.0 Å². The van der Waals surface area contributed by atoms with E-state index >= 15 is 0 Å². The van der Waals surface area contributed by atoms with Gasteiger partial charge in [-0.2, -0.15) is 0 Å². The Morgan fingerprint density at radius 1 is 1.09 bits per heavy atom. The molecule has 5 rings (SSSR count). The molecule has 4 atom stereocenters. The van der Waals surface area contributed by atoms with Crippen LogP contribution in [0.15, 0.2) is 36.5 Å². The predicted molar refractivity (Wildman–Crippen MR) is 119 cm³/mol. The largest absolute Gasteiger partial charge is 0.371 e. The molecule has 2 saturated heterocycles. The van der Waals surface area contributed by atoms with Crippen LogP contribution < -0.4 is 5.32 Å². The van der Waals surface area contributed by atoms with E-state index in [1.807, 2.05) is 16.9 Å². The van der Waals surface area contributed by atoms with Crippen molar-refractivity contribution in [2.24, 2.45) is 5.92 Å². The van der Waals surface area contributed by atoms with Gasteiger partial charge in [-0.3, -0.25) is 9.69 Å². The monoisotopic (exact) mass is 439 g/mol. The van der Waals surface area contributed by atoms with Crippen LogP contribution in [0.3, 0.4) is 0 Å². The van der Waals surface area contributed by atoms with Crippen molar-refractivity contribution in [3.63, 3.8) is 0 Å². The zero-order chi connectivity index (χ0) is 21.9. The molecule has 2 aromatic rings. The van der Waals surface area contributed by atoms with Crippen molar-refractivity contribution in [2.45, 2.75) is 69.5 Å². The molecule has 0 unspecified atom stereocenters. The molecule has 2 aliphatic heterocycles. The molecule has 1 aromatic heterocycles. The van der Waals surface area contributed by atoms with Crippen molar-refractivity contribution in [3.05, 3.63) is 47.8 Å². The van der Waals surface area contributed by atoms with Crippen LogP contribution in [-0.2, 0) is 27.4 Å². The van der Waals surface area contributed by atoms with Gasteiger partial charge in [0.2, 0.25) is 5.91 Å². The average Bonchev–Trinajstić information content (AvgIpc) is 3.53. The van der Waals surface area contributed by atoms with Gasteiger partial charge in [0.15, 0.2) is 0 Å². The lowest BCUT2D eigenvalue weighted by Gasteiger charge is -2.24. The van der Waals surface area contributed by atoms with E-state index < -0.39 is 0 Å². The third-order valence-corrected chi connectivity index (χ3v) is 6.96. The number of fused-ring (bicyclic) bond motifs is 1. The van der Waals surface area contributed by atoms with E-state index in [2.05, 4.69) is 51.8 Å². The molecule has 1 aliphatic carbocycles. The summed E-state index contributed by atoms with van der Waals surface area (Å²) in [6, 6.07) is 10.3. The Balaban J connectivity index is 1.16. The smallest absolute Gasteiger partial charge is 0.223 e. The highest BCUT2D eigenvalue weighted by Gasteiger charge is 2.49. The van der Waals surface area contributed by atoms with Gasteiger partial charge in [0.25, 0.3) is 0 Å². The molecule has 3 heterocycles. The molecule has 0 radical (unpaired) electrons. The minimum absolute atomic E-state index is 0.0164. The quantitative estimate of drug-likeness (QED) is 0.713. The van der Waals surface area contributed by atoms with Crippen LogP contribution in [0.5, 0.6) is 0 Å². The van der Waals surface area contributed by atoms with Crippen LogP contribution in [0.4, 0.5) is 0 Å². The van der Waals surface area contributed by atoms with Crippen molar-refractivity contribution in [1.29, 1.82) is 0 Å². The third kappa shape index (κ3) is 4.72. The first kappa shape index (κ1) is 21.6. The summed E-state index contributed by atoms with van der Waals surface area (Å²) >= 11 is 0. The van der Waals surface area contributed by atoms with E-state index in [9.17, 15) is 4.79 Å². The predicted octanol–water partition coefficient (Wildman–Crippen LogP) is 2.31. The highest BCUT2D eigenvalue weighted by molar-refractivity contribution is 5.79. The first-order chi connectivity index (χ1) is 15.7. The minimum Gasteiger partial charge on any atom is -0.371 e. The van der Waals surface area contributed by atoms with Crippen LogP contribution in [0.25, 0.3) is 0 Å². The number of carbonyl (C=O) groups excluding carboxylic acids is 1. The van der Waals surface area contributed by atoms with Crippen LogP contribution in [-0.4, -0.2) is 64.3 Å². The van der Waals surface area contributed by atoms with Crippen molar-refractivity contribution in [2.75, 3.05) is 20.3 Å². The highest BCUT2D eigenvalue weighted by atomic mass is 16.6. The van der Waals surface area contributed by atoms with Crippen LogP contribution in [0.2, 0.25) is 0 Å². The van der Waals surface area contributed by atoms with Crippen molar-refractivity contribution < 1.29 is 14.3 Å². The topological polar surface area (TPSA) is 81.5 Å². The Hall–Kier alpha value is -2.29. The average molecular weight is 440 g/mol. The molecule has 172 valence electrons. The lowest BCUT2D eigenvalue weighted by atomic mass is 9.88. The molecule has 3 aliphatic rings. The fraction of sp³-hybridized carbons (Fsp3) is 0.625. The fourth-order valence-corrected chi connectivity index (χ4v) is 5.27. The zero-order valence-electron chi connectivity index (χ0n) is 18.7. The number of benzene rings is 1. The molecular weight excluding hydrogens is 406 g/mol. The zero-order valence-corrected chi connectivity index (χ0v) is 18.7. The number of hydrogen-bond acceptors (Lipinski definition) is 6. The van der Waals surface area contributed by atoms with E-state index in [1.54, 1.807) is 0 Å². The number of hydrogen-bond donors (Lipinski definition) is 1. The SMILES string of the molecule is CN(Cc1ccccc1)Cc1cn([C@@H]2CO[C@@H]3[C@@H]2OC[C@@H]3NC(=O)C2CCCCC2)nn1. The van der Waals surface area contributed by atoms with Crippen molar-refractivity contribution in [1.82, 2.24) is 25.2 Å². The normalized spacial score (nSPS) is 28.2. The second kappa shape index (κ2) is 9.68. The number of carbonyl (C=O) groups is 1. The summed E-state index contributed by atoms with van der Waals surface area (Å²) in [7, 11) is 2.08. The van der Waals surface area contributed by atoms with Crippen molar-refractivity contribution in [3.8, 4) is 0 Å². The molecule has 8 heteroatoms. The summed E-state index contributed by atoms with van der Waals surface area (Å²) in [5.74, 6) is 0.307. The van der Waals surface area contributed by atoms with Gasteiger partial charge in [-0.25, -0.2) is 4.68 Å². The number of nitrogens with zero attached hydrogens (tertiary/aromatic N) is 4. The number of aromatic nitrogens is 3. The Labute approximate surface area is 189 Å². The molecule has 3 fully saturated rings. The summed E-state index contributed by atoms with van der Waals surface area (Å²) in [4.78, 5) is 14.9. The van der Waals surface area contributed by atoms with Gasteiger partial charge < -0.3 is 14.8 Å². The summed E-state index contributed by atoms with van der Waals surface area (Å²) in [6.45, 7) is 2.59. The third-order valence-electron chi connectivity index (χ3n) is 6.96.